The summed E-state index contributed by atoms with van der Waals surface area (Å²) >= 11 is 0. The molecule has 66 heavy (non-hydrogen) atoms. The zero-order valence-corrected chi connectivity index (χ0v) is 42.1. The average Bonchev–Trinajstić information content (AvgIpc) is 3.30. The van der Waals surface area contributed by atoms with Gasteiger partial charge in [-0.15, -0.1) is 0 Å². The number of aliphatic hydroxyl groups is 5. The molecule has 1 aliphatic carbocycles. The van der Waals surface area contributed by atoms with Crippen molar-refractivity contribution < 1.29 is 58.3 Å². The van der Waals surface area contributed by atoms with E-state index in [1.54, 1.807) is 0 Å². The molecule has 6 unspecified atom stereocenters. The molecule has 0 bridgehead atoms. The predicted molar refractivity (Wildman–Crippen MR) is 267 cm³/mol. The van der Waals surface area contributed by atoms with Crippen LogP contribution >= 0.6 is 7.82 Å². The van der Waals surface area contributed by atoms with Crippen LogP contribution in [0, 0.1) is 0 Å². The van der Waals surface area contributed by atoms with Crippen LogP contribution < -0.4 is 0 Å². The van der Waals surface area contributed by atoms with Gasteiger partial charge in [0.05, 0.1) is 13.2 Å². The number of ether oxygens (including phenoxy) is 2. The highest BCUT2D eigenvalue weighted by atomic mass is 31.2. The minimum Gasteiger partial charge on any atom is -0.457 e. The molecule has 0 aliphatic heterocycles. The van der Waals surface area contributed by atoms with Gasteiger partial charge in [0, 0.05) is 13.0 Å². The fraction of sp³-hybridized carbons (Fsp3) is 0.792. The Kier molecular flexibility index (Phi) is 40.5. The third kappa shape index (κ3) is 34.3. The summed E-state index contributed by atoms with van der Waals surface area (Å²) in [6, 6.07) is 0. The number of phosphoric ester groups is 1. The summed E-state index contributed by atoms with van der Waals surface area (Å²) < 4.78 is 34.3. The highest BCUT2D eigenvalue weighted by molar-refractivity contribution is 7.47. The van der Waals surface area contributed by atoms with E-state index in [2.05, 4.69) is 74.6 Å². The number of aliphatic hydroxyl groups excluding tert-OH is 5. The quantitative estimate of drug-likeness (QED) is 0.0147. The van der Waals surface area contributed by atoms with Crippen molar-refractivity contribution in [3.05, 3.63) is 60.8 Å². The van der Waals surface area contributed by atoms with Crippen molar-refractivity contribution in [2.45, 2.75) is 249 Å². The van der Waals surface area contributed by atoms with E-state index < -0.39 is 63.1 Å². The van der Waals surface area contributed by atoms with Crippen LogP contribution in [0.1, 0.15) is 206 Å². The normalized spacial score (nSPS) is 21.9. The molecule has 1 rings (SSSR count). The van der Waals surface area contributed by atoms with E-state index in [4.69, 9.17) is 18.5 Å². The number of unbranched alkanes of at least 4 members (excludes halogenated alkanes) is 22. The first-order valence-electron chi connectivity index (χ1n) is 26.1. The number of carbonyl (C=O) groups excluding carboxylic acids is 1. The van der Waals surface area contributed by atoms with Gasteiger partial charge in [-0.1, -0.05) is 177 Å². The van der Waals surface area contributed by atoms with Gasteiger partial charge in [0.1, 0.15) is 42.7 Å². The second-order valence-corrected chi connectivity index (χ2v) is 19.4. The second kappa shape index (κ2) is 43.1. The summed E-state index contributed by atoms with van der Waals surface area (Å²) in [5.74, 6) is -0.492. The van der Waals surface area contributed by atoms with Crippen molar-refractivity contribution in [1.29, 1.82) is 0 Å². The lowest BCUT2D eigenvalue weighted by molar-refractivity contribution is -0.220. The Balaban J connectivity index is 2.36. The Morgan fingerprint density at radius 2 is 0.848 bits per heavy atom. The first kappa shape index (κ1) is 62.1. The number of carbonyl (C=O) groups is 1. The molecule has 0 aromatic carbocycles. The van der Waals surface area contributed by atoms with Gasteiger partial charge in [-0.25, -0.2) is 4.57 Å². The second-order valence-electron chi connectivity index (χ2n) is 18.0. The maximum atomic E-state index is 12.9. The van der Waals surface area contributed by atoms with Crippen molar-refractivity contribution in [2.24, 2.45) is 0 Å². The van der Waals surface area contributed by atoms with E-state index in [-0.39, 0.29) is 13.0 Å². The summed E-state index contributed by atoms with van der Waals surface area (Å²) in [7, 11) is -5.03. The van der Waals surface area contributed by atoms with E-state index in [1.807, 2.05) is 0 Å². The van der Waals surface area contributed by atoms with Crippen LogP contribution in [-0.4, -0.2) is 98.9 Å². The topological polar surface area (TPSA) is 192 Å². The van der Waals surface area contributed by atoms with E-state index in [9.17, 15) is 39.8 Å². The van der Waals surface area contributed by atoms with Crippen molar-refractivity contribution in [1.82, 2.24) is 0 Å². The van der Waals surface area contributed by atoms with E-state index in [0.717, 1.165) is 89.9 Å². The Hall–Kier alpha value is -1.96. The van der Waals surface area contributed by atoms with E-state index >= 15 is 0 Å². The number of rotatable bonds is 44. The molecule has 0 amide bonds. The maximum absolute atomic E-state index is 12.9. The number of hydrogen-bond donors (Lipinski definition) is 6. The Morgan fingerprint density at radius 3 is 1.32 bits per heavy atom. The van der Waals surface area contributed by atoms with Crippen LogP contribution in [0.4, 0.5) is 0 Å². The Labute approximate surface area is 400 Å². The van der Waals surface area contributed by atoms with Crippen LogP contribution in [0.2, 0.25) is 0 Å². The van der Waals surface area contributed by atoms with Gasteiger partial charge >= 0.3 is 13.8 Å². The van der Waals surface area contributed by atoms with Gasteiger partial charge in [0.15, 0.2) is 0 Å². The molecule has 6 atom stereocenters. The highest BCUT2D eigenvalue weighted by Crippen LogP contribution is 2.47. The van der Waals surface area contributed by atoms with Crippen LogP contribution in [0.25, 0.3) is 0 Å². The van der Waals surface area contributed by atoms with Crippen molar-refractivity contribution in [3.8, 4) is 0 Å². The van der Waals surface area contributed by atoms with E-state index in [0.29, 0.717) is 13.0 Å². The monoisotopic (exact) mass is 955 g/mol. The smallest absolute Gasteiger partial charge is 0.457 e. The van der Waals surface area contributed by atoms with Crippen molar-refractivity contribution >= 4 is 13.8 Å². The minimum absolute atomic E-state index is 0.0882. The number of phosphoric acid groups is 1. The average molecular weight is 955 g/mol. The highest BCUT2D eigenvalue weighted by Gasteiger charge is 2.51. The molecule has 0 aromatic rings. The Morgan fingerprint density at radius 1 is 0.485 bits per heavy atom. The fourth-order valence-corrected chi connectivity index (χ4v) is 8.66. The SMILES string of the molecule is CCCCC/C=C\C/C=C\CCCCCCCCCCOCC(COP(=O)(O)OC1C(O)C(O)C(O)C(O)C1O)OC(=O)CCCCCCCC/C=C\C/C=C\C/C=C\CCCCCCC. The first-order valence-corrected chi connectivity index (χ1v) is 27.6. The number of allylic oxidation sites excluding steroid dienone is 10. The molecule has 13 heteroatoms. The third-order valence-corrected chi connectivity index (χ3v) is 12.8. The molecule has 1 fully saturated rings. The molecule has 0 aromatic heterocycles. The van der Waals surface area contributed by atoms with Gasteiger partial charge in [0.2, 0.25) is 0 Å². The molecular weight excluding hydrogens is 860 g/mol. The lowest BCUT2D eigenvalue weighted by Crippen LogP contribution is -2.64. The molecule has 0 radical (unpaired) electrons. The lowest BCUT2D eigenvalue weighted by atomic mass is 9.85. The van der Waals surface area contributed by atoms with Crippen LogP contribution in [-0.2, 0) is 27.9 Å². The third-order valence-electron chi connectivity index (χ3n) is 11.9. The largest absolute Gasteiger partial charge is 0.472 e. The number of hydrogen-bond acceptors (Lipinski definition) is 11. The standard InChI is InChI=1S/C53H95O12P/c1-3-5-7-9-11-13-15-17-19-21-23-24-25-26-28-30-32-34-36-38-40-42-47(54)64-46(45-63-66(60,61)65-53-51(58)49(56)48(55)50(57)52(53)59)44-62-43-41-39-37-35-33-31-29-27-22-20-18-16-14-12-10-8-6-4-2/h12,14-15,17-18,20-21,23,25-26,46,48-53,55-59H,3-11,13,16,19,22,24,27-45H2,1-2H3,(H,60,61)/b14-12-,17-15-,20-18-,23-21-,26-25-. The number of esters is 1. The van der Waals surface area contributed by atoms with Gasteiger partial charge in [-0.2, -0.15) is 0 Å². The maximum Gasteiger partial charge on any atom is 0.472 e. The molecule has 0 saturated heterocycles. The van der Waals surface area contributed by atoms with Crippen LogP contribution in [0.3, 0.4) is 0 Å². The fourth-order valence-electron chi connectivity index (χ4n) is 7.69. The zero-order chi connectivity index (χ0) is 48.4. The van der Waals surface area contributed by atoms with Crippen LogP contribution in [0.15, 0.2) is 60.8 Å². The van der Waals surface area contributed by atoms with Crippen LogP contribution in [0.5, 0.6) is 0 Å². The predicted octanol–water partition coefficient (Wildman–Crippen LogP) is 11.8. The Bertz CT molecular complexity index is 1320. The molecule has 0 spiro atoms. The van der Waals surface area contributed by atoms with Gasteiger partial charge in [-0.3, -0.25) is 13.8 Å². The molecular formula is C53H95O12P. The van der Waals surface area contributed by atoms with Crippen molar-refractivity contribution in [2.75, 3.05) is 19.8 Å². The minimum atomic E-state index is -5.03. The summed E-state index contributed by atoms with van der Waals surface area (Å²) in [5, 5.41) is 50.3. The summed E-state index contributed by atoms with van der Waals surface area (Å²) in [6.07, 6.45) is 42.8. The molecule has 1 saturated carbocycles. The zero-order valence-electron chi connectivity index (χ0n) is 41.2. The molecule has 0 heterocycles. The molecule has 6 N–H and O–H groups in total. The lowest BCUT2D eigenvalue weighted by Gasteiger charge is -2.41. The molecule has 12 nitrogen and oxygen atoms in total. The van der Waals surface area contributed by atoms with E-state index in [1.165, 1.54) is 89.9 Å². The summed E-state index contributed by atoms with van der Waals surface area (Å²) in [5.41, 5.74) is 0. The van der Waals surface area contributed by atoms with Gasteiger partial charge < -0.3 is 39.9 Å². The molecule has 384 valence electrons. The van der Waals surface area contributed by atoms with Gasteiger partial charge in [-0.05, 0) is 83.5 Å². The molecule has 1 aliphatic rings. The first-order chi connectivity index (χ1) is 32.0. The van der Waals surface area contributed by atoms with Crippen molar-refractivity contribution in [3.63, 3.8) is 0 Å². The summed E-state index contributed by atoms with van der Waals surface area (Å²) in [4.78, 5) is 23.3. The van der Waals surface area contributed by atoms with Gasteiger partial charge in [0.25, 0.3) is 0 Å². The summed E-state index contributed by atoms with van der Waals surface area (Å²) in [6.45, 7) is 4.21.